The average Bonchev–Trinajstić information content (AvgIpc) is 3.03. The fourth-order valence-corrected chi connectivity index (χ4v) is 2.33. The van der Waals surface area contributed by atoms with Crippen LogP contribution in [0.5, 0.6) is 0 Å². The predicted octanol–water partition coefficient (Wildman–Crippen LogP) is 4.51. The Hall–Kier alpha value is -2.68. The molecule has 0 saturated carbocycles. The van der Waals surface area contributed by atoms with Crippen LogP contribution in [0.2, 0.25) is 0 Å². The number of nitrogens with zero attached hydrogens (tertiary/aromatic N) is 2. The zero-order valence-electron chi connectivity index (χ0n) is 12.7. The lowest BCUT2D eigenvalue weighted by Gasteiger charge is -2.02. The Morgan fingerprint density at radius 1 is 1.14 bits per heavy atom. The minimum absolute atomic E-state index is 0.0277. The quantitative estimate of drug-likeness (QED) is 0.523. The van der Waals surface area contributed by atoms with Crippen LogP contribution in [-0.2, 0) is 0 Å². The molecule has 0 N–H and O–H groups in total. The Bertz CT molecular complexity index is 843. The fraction of sp³-hybridized carbons (Fsp3) is 0.158. The molecular weight excluding hydrogens is 272 g/mol. The van der Waals surface area contributed by atoms with E-state index in [1.165, 1.54) is 10.8 Å². The summed E-state index contributed by atoms with van der Waals surface area (Å²) in [4.78, 5) is 12.2. The Morgan fingerprint density at radius 2 is 1.91 bits per heavy atom. The van der Waals surface area contributed by atoms with Crippen LogP contribution in [0.3, 0.4) is 0 Å². The van der Waals surface area contributed by atoms with E-state index in [2.05, 4.69) is 29.4 Å². The largest absolute Gasteiger partial charge is 0.289 e. The summed E-state index contributed by atoms with van der Waals surface area (Å²) in [6.45, 7) is 4.07. The molecule has 3 heteroatoms. The van der Waals surface area contributed by atoms with Gasteiger partial charge in [-0.05, 0) is 42.3 Å². The number of carbonyl (C=O) groups is 1. The zero-order valence-corrected chi connectivity index (χ0v) is 12.7. The van der Waals surface area contributed by atoms with Crippen LogP contribution >= 0.6 is 0 Å². The van der Waals surface area contributed by atoms with Crippen molar-refractivity contribution in [3.05, 3.63) is 72.1 Å². The van der Waals surface area contributed by atoms with E-state index in [1.807, 2.05) is 38.1 Å². The van der Waals surface area contributed by atoms with E-state index >= 15 is 0 Å². The molecule has 0 spiro atoms. The van der Waals surface area contributed by atoms with E-state index < -0.39 is 0 Å². The van der Waals surface area contributed by atoms with Gasteiger partial charge in [-0.2, -0.15) is 5.10 Å². The molecular formula is C19H18N2O. The van der Waals surface area contributed by atoms with E-state index in [9.17, 15) is 4.79 Å². The van der Waals surface area contributed by atoms with Gasteiger partial charge in [0.1, 0.15) is 0 Å². The average molecular weight is 290 g/mol. The number of aromatic nitrogens is 2. The van der Waals surface area contributed by atoms with Crippen LogP contribution in [0.15, 0.2) is 60.9 Å². The summed E-state index contributed by atoms with van der Waals surface area (Å²) >= 11 is 0. The van der Waals surface area contributed by atoms with Crippen LogP contribution in [-0.4, -0.2) is 15.6 Å². The maximum absolute atomic E-state index is 12.2. The van der Waals surface area contributed by atoms with Gasteiger partial charge in [0.05, 0.1) is 11.8 Å². The molecule has 0 aliphatic carbocycles. The Kier molecular flexibility index (Phi) is 3.88. The maximum Gasteiger partial charge on any atom is 0.189 e. The summed E-state index contributed by atoms with van der Waals surface area (Å²) in [6.07, 6.45) is 6.86. The Labute approximate surface area is 129 Å². The first-order chi connectivity index (χ1) is 10.6. The molecule has 2 aromatic carbocycles. The smallest absolute Gasteiger partial charge is 0.189 e. The van der Waals surface area contributed by atoms with E-state index in [0.717, 1.165) is 5.56 Å². The molecule has 0 aliphatic rings. The number of allylic oxidation sites excluding steroid dienone is 1. The molecule has 1 heterocycles. The highest BCUT2D eigenvalue weighted by Crippen LogP contribution is 2.17. The molecule has 0 bridgehead atoms. The maximum atomic E-state index is 12.2. The van der Waals surface area contributed by atoms with Crippen LogP contribution in [0.1, 0.15) is 35.8 Å². The van der Waals surface area contributed by atoms with Gasteiger partial charge in [-0.3, -0.25) is 9.48 Å². The van der Waals surface area contributed by atoms with Crippen molar-refractivity contribution in [3.8, 4) is 0 Å². The third-order valence-corrected chi connectivity index (χ3v) is 3.62. The third kappa shape index (κ3) is 2.98. The number of benzene rings is 2. The van der Waals surface area contributed by atoms with Crippen LogP contribution in [0, 0.1) is 0 Å². The van der Waals surface area contributed by atoms with Gasteiger partial charge >= 0.3 is 0 Å². The number of ketones is 1. The fourth-order valence-electron chi connectivity index (χ4n) is 2.33. The van der Waals surface area contributed by atoms with E-state index in [-0.39, 0.29) is 11.8 Å². The Morgan fingerprint density at radius 3 is 2.64 bits per heavy atom. The minimum atomic E-state index is -0.0277. The highest BCUT2D eigenvalue weighted by molar-refractivity contribution is 6.06. The molecule has 0 fully saturated rings. The van der Waals surface area contributed by atoms with Crippen LogP contribution < -0.4 is 0 Å². The first-order valence-electron chi connectivity index (χ1n) is 7.39. The second-order valence-corrected chi connectivity index (χ2v) is 5.61. The van der Waals surface area contributed by atoms with Crippen molar-refractivity contribution in [2.24, 2.45) is 0 Å². The van der Waals surface area contributed by atoms with Gasteiger partial charge < -0.3 is 0 Å². The molecule has 0 unspecified atom stereocenters. The summed E-state index contributed by atoms with van der Waals surface area (Å²) in [6, 6.07) is 14.6. The van der Waals surface area contributed by atoms with Crippen molar-refractivity contribution < 1.29 is 4.79 Å². The summed E-state index contributed by atoms with van der Waals surface area (Å²) in [5, 5.41) is 6.56. The second kappa shape index (κ2) is 5.98. The molecule has 22 heavy (non-hydrogen) atoms. The van der Waals surface area contributed by atoms with E-state index in [1.54, 1.807) is 23.2 Å². The first-order valence-corrected chi connectivity index (χ1v) is 7.39. The van der Waals surface area contributed by atoms with Crippen LogP contribution in [0.4, 0.5) is 0 Å². The van der Waals surface area contributed by atoms with Crippen molar-refractivity contribution in [2.75, 3.05) is 0 Å². The van der Waals surface area contributed by atoms with Gasteiger partial charge in [-0.15, -0.1) is 0 Å². The molecule has 110 valence electrons. The SMILES string of the molecule is CC(C)n1cc(C(=O)C=Cc2ccc3ccccc3c2)cn1. The lowest BCUT2D eigenvalue weighted by Crippen LogP contribution is -2.00. The van der Waals surface area contributed by atoms with Crippen molar-refractivity contribution >= 4 is 22.6 Å². The normalized spacial score (nSPS) is 11.6. The molecule has 0 aliphatic heterocycles. The molecule has 0 atom stereocenters. The van der Waals surface area contributed by atoms with E-state index in [4.69, 9.17) is 0 Å². The highest BCUT2D eigenvalue weighted by Gasteiger charge is 2.07. The number of rotatable bonds is 4. The van der Waals surface area contributed by atoms with Gasteiger partial charge in [-0.1, -0.05) is 42.5 Å². The molecule has 3 rings (SSSR count). The number of hydrogen-bond acceptors (Lipinski definition) is 2. The zero-order chi connectivity index (χ0) is 15.5. The summed E-state index contributed by atoms with van der Waals surface area (Å²) in [5.74, 6) is -0.0277. The summed E-state index contributed by atoms with van der Waals surface area (Å²) in [7, 11) is 0. The molecule has 0 saturated heterocycles. The number of hydrogen-bond donors (Lipinski definition) is 0. The third-order valence-electron chi connectivity index (χ3n) is 3.62. The molecule has 0 radical (unpaired) electrons. The van der Waals surface area contributed by atoms with Crippen molar-refractivity contribution in [3.63, 3.8) is 0 Å². The topological polar surface area (TPSA) is 34.9 Å². The predicted molar refractivity (Wildman–Crippen MR) is 89.9 cm³/mol. The molecule has 3 aromatic rings. The van der Waals surface area contributed by atoms with Crippen molar-refractivity contribution in [1.29, 1.82) is 0 Å². The molecule has 0 amide bonds. The van der Waals surface area contributed by atoms with E-state index in [0.29, 0.717) is 5.56 Å². The summed E-state index contributed by atoms with van der Waals surface area (Å²) < 4.78 is 1.79. The highest BCUT2D eigenvalue weighted by atomic mass is 16.1. The summed E-state index contributed by atoms with van der Waals surface area (Å²) in [5.41, 5.74) is 1.63. The minimum Gasteiger partial charge on any atom is -0.289 e. The lowest BCUT2D eigenvalue weighted by molar-refractivity contribution is 0.104. The number of carbonyl (C=O) groups excluding carboxylic acids is 1. The van der Waals surface area contributed by atoms with Gasteiger partial charge in [0.2, 0.25) is 0 Å². The number of fused-ring (bicyclic) bond motifs is 1. The van der Waals surface area contributed by atoms with Gasteiger partial charge in [0, 0.05) is 12.2 Å². The molecule has 3 nitrogen and oxygen atoms in total. The second-order valence-electron chi connectivity index (χ2n) is 5.61. The van der Waals surface area contributed by atoms with Gasteiger partial charge in [0.15, 0.2) is 5.78 Å². The standard InChI is InChI=1S/C19H18N2O/c1-14(2)21-13-18(12-20-21)19(22)10-8-15-7-9-16-5-3-4-6-17(16)11-15/h3-14H,1-2H3. The molecule has 1 aromatic heterocycles. The monoisotopic (exact) mass is 290 g/mol. The van der Waals surface area contributed by atoms with Gasteiger partial charge in [0.25, 0.3) is 0 Å². The van der Waals surface area contributed by atoms with Crippen molar-refractivity contribution in [2.45, 2.75) is 19.9 Å². The van der Waals surface area contributed by atoms with Crippen LogP contribution in [0.25, 0.3) is 16.8 Å². The first kappa shape index (κ1) is 14.3. The lowest BCUT2D eigenvalue weighted by atomic mass is 10.1. The Balaban J connectivity index is 1.80. The van der Waals surface area contributed by atoms with Crippen molar-refractivity contribution in [1.82, 2.24) is 9.78 Å². The van der Waals surface area contributed by atoms with Gasteiger partial charge in [-0.25, -0.2) is 0 Å².